The SMILES string of the molecule is CNc1ccc(Cl)c(CN(C)CC2(N(C)C)CCC2)n1. The average molecular weight is 297 g/mol. The first kappa shape index (κ1) is 15.5. The number of nitrogens with one attached hydrogen (secondary N) is 1. The molecule has 1 aliphatic carbocycles. The molecule has 0 spiro atoms. The molecule has 0 saturated heterocycles. The van der Waals surface area contributed by atoms with Crippen LogP contribution in [0.2, 0.25) is 5.02 Å². The topological polar surface area (TPSA) is 31.4 Å². The van der Waals surface area contributed by atoms with Gasteiger partial charge in [-0.25, -0.2) is 4.98 Å². The molecule has 0 aromatic carbocycles. The van der Waals surface area contributed by atoms with Crippen molar-refractivity contribution in [2.75, 3.05) is 40.1 Å². The molecule has 0 radical (unpaired) electrons. The molecule has 1 saturated carbocycles. The summed E-state index contributed by atoms with van der Waals surface area (Å²) in [6, 6.07) is 3.81. The number of likely N-dealkylation sites (N-methyl/N-ethyl adjacent to an activating group) is 2. The van der Waals surface area contributed by atoms with Crippen LogP contribution >= 0.6 is 11.6 Å². The van der Waals surface area contributed by atoms with Gasteiger partial charge in [-0.15, -0.1) is 0 Å². The zero-order valence-corrected chi connectivity index (χ0v) is 13.7. The molecule has 1 aromatic heterocycles. The van der Waals surface area contributed by atoms with Crippen LogP contribution < -0.4 is 5.32 Å². The van der Waals surface area contributed by atoms with Gasteiger partial charge in [0.25, 0.3) is 0 Å². The van der Waals surface area contributed by atoms with Gasteiger partial charge in [0.2, 0.25) is 0 Å². The maximum atomic E-state index is 6.25. The van der Waals surface area contributed by atoms with Gasteiger partial charge in [0.15, 0.2) is 0 Å². The average Bonchev–Trinajstić information content (AvgIpc) is 2.36. The smallest absolute Gasteiger partial charge is 0.126 e. The first-order valence-corrected chi connectivity index (χ1v) is 7.54. The van der Waals surface area contributed by atoms with Crippen LogP contribution in [0.3, 0.4) is 0 Å². The number of rotatable bonds is 6. The summed E-state index contributed by atoms with van der Waals surface area (Å²) < 4.78 is 0. The Morgan fingerprint density at radius 1 is 1.30 bits per heavy atom. The fourth-order valence-corrected chi connectivity index (χ4v) is 3.05. The van der Waals surface area contributed by atoms with Crippen molar-refractivity contribution in [3.63, 3.8) is 0 Å². The number of hydrogen-bond acceptors (Lipinski definition) is 4. The van der Waals surface area contributed by atoms with Crippen LogP contribution in [0.1, 0.15) is 25.0 Å². The van der Waals surface area contributed by atoms with Gasteiger partial charge in [-0.2, -0.15) is 0 Å². The molecule has 5 heteroatoms. The van der Waals surface area contributed by atoms with E-state index in [1.807, 2.05) is 19.2 Å². The summed E-state index contributed by atoms with van der Waals surface area (Å²) in [5.74, 6) is 0.865. The molecule has 0 unspecified atom stereocenters. The monoisotopic (exact) mass is 296 g/mol. The second-order valence-corrected chi connectivity index (χ2v) is 6.43. The van der Waals surface area contributed by atoms with Crippen LogP contribution in [-0.4, -0.2) is 55.1 Å². The number of hydrogen-bond donors (Lipinski definition) is 1. The molecular formula is C15H25ClN4. The maximum Gasteiger partial charge on any atom is 0.126 e. The van der Waals surface area contributed by atoms with Crippen molar-refractivity contribution in [1.29, 1.82) is 0 Å². The number of aromatic nitrogens is 1. The molecule has 20 heavy (non-hydrogen) atoms. The molecule has 0 atom stereocenters. The van der Waals surface area contributed by atoms with Crippen molar-refractivity contribution >= 4 is 17.4 Å². The molecule has 0 amide bonds. The Kier molecular flexibility index (Phi) is 4.89. The van der Waals surface area contributed by atoms with E-state index in [2.05, 4.69) is 41.2 Å². The number of nitrogens with zero attached hydrogens (tertiary/aromatic N) is 3. The van der Waals surface area contributed by atoms with Gasteiger partial charge in [-0.05, 0) is 52.5 Å². The number of halogens is 1. The summed E-state index contributed by atoms with van der Waals surface area (Å²) in [5.41, 5.74) is 1.27. The summed E-state index contributed by atoms with van der Waals surface area (Å²) in [5, 5.41) is 3.80. The minimum atomic E-state index is 0.335. The van der Waals surface area contributed by atoms with Crippen LogP contribution in [-0.2, 0) is 6.54 Å². The molecule has 1 N–H and O–H groups in total. The van der Waals surface area contributed by atoms with E-state index < -0.39 is 0 Å². The molecule has 0 aliphatic heterocycles. The van der Waals surface area contributed by atoms with E-state index >= 15 is 0 Å². The summed E-state index contributed by atoms with van der Waals surface area (Å²) in [6.07, 6.45) is 3.89. The summed E-state index contributed by atoms with van der Waals surface area (Å²) in [7, 11) is 8.38. The lowest BCUT2D eigenvalue weighted by Crippen LogP contribution is -2.56. The fourth-order valence-electron chi connectivity index (χ4n) is 2.88. The highest BCUT2D eigenvalue weighted by atomic mass is 35.5. The number of pyridine rings is 1. The van der Waals surface area contributed by atoms with E-state index in [4.69, 9.17) is 11.6 Å². The molecule has 112 valence electrons. The molecule has 1 heterocycles. The lowest BCUT2D eigenvalue weighted by atomic mass is 9.75. The van der Waals surface area contributed by atoms with Crippen LogP contribution in [0.25, 0.3) is 0 Å². The van der Waals surface area contributed by atoms with Crippen molar-refractivity contribution in [1.82, 2.24) is 14.8 Å². The summed E-state index contributed by atoms with van der Waals surface area (Å²) in [4.78, 5) is 9.24. The Bertz CT molecular complexity index is 457. The summed E-state index contributed by atoms with van der Waals surface area (Å²) in [6.45, 7) is 1.84. The predicted molar refractivity (Wildman–Crippen MR) is 85.4 cm³/mol. The van der Waals surface area contributed by atoms with Crippen LogP contribution in [0.5, 0.6) is 0 Å². The Hall–Kier alpha value is -0.840. The highest BCUT2D eigenvalue weighted by molar-refractivity contribution is 6.31. The second kappa shape index (κ2) is 6.29. The lowest BCUT2D eigenvalue weighted by molar-refractivity contribution is 0.0256. The van der Waals surface area contributed by atoms with E-state index in [-0.39, 0.29) is 0 Å². The van der Waals surface area contributed by atoms with Crippen LogP contribution in [0, 0.1) is 0 Å². The second-order valence-electron chi connectivity index (χ2n) is 6.02. The summed E-state index contributed by atoms with van der Waals surface area (Å²) >= 11 is 6.25. The molecule has 4 nitrogen and oxygen atoms in total. The van der Waals surface area contributed by atoms with E-state index in [0.717, 1.165) is 29.6 Å². The van der Waals surface area contributed by atoms with Gasteiger partial charge in [-0.1, -0.05) is 11.6 Å². The Balaban J connectivity index is 2.02. The third-order valence-corrected chi connectivity index (χ3v) is 4.74. The van der Waals surface area contributed by atoms with Crippen molar-refractivity contribution in [2.45, 2.75) is 31.3 Å². The first-order valence-electron chi connectivity index (χ1n) is 7.16. The molecule has 1 fully saturated rings. The van der Waals surface area contributed by atoms with Gasteiger partial charge in [-0.3, -0.25) is 4.90 Å². The first-order chi connectivity index (χ1) is 9.47. The third-order valence-electron chi connectivity index (χ3n) is 4.39. The van der Waals surface area contributed by atoms with Gasteiger partial charge >= 0.3 is 0 Å². The number of anilines is 1. The van der Waals surface area contributed by atoms with Crippen molar-refractivity contribution in [3.05, 3.63) is 22.8 Å². The minimum Gasteiger partial charge on any atom is -0.373 e. The minimum absolute atomic E-state index is 0.335. The standard InChI is InChI=1S/C15H25ClN4/c1-17-14-7-6-12(16)13(18-14)10-20(4)11-15(19(2)3)8-5-9-15/h6-7H,5,8-11H2,1-4H3,(H,17,18). The zero-order chi connectivity index (χ0) is 14.8. The molecule has 0 bridgehead atoms. The Morgan fingerprint density at radius 3 is 2.50 bits per heavy atom. The fraction of sp³-hybridized carbons (Fsp3) is 0.667. The molecule has 1 aliphatic rings. The molecule has 2 rings (SSSR count). The predicted octanol–water partition coefficient (Wildman–Crippen LogP) is 2.69. The lowest BCUT2D eigenvalue weighted by Gasteiger charge is -2.49. The van der Waals surface area contributed by atoms with E-state index in [1.54, 1.807) is 0 Å². The maximum absolute atomic E-state index is 6.25. The Morgan fingerprint density at radius 2 is 2.00 bits per heavy atom. The van der Waals surface area contributed by atoms with Crippen LogP contribution in [0.15, 0.2) is 12.1 Å². The zero-order valence-electron chi connectivity index (χ0n) is 12.9. The van der Waals surface area contributed by atoms with E-state index in [9.17, 15) is 0 Å². The van der Waals surface area contributed by atoms with Crippen molar-refractivity contribution in [3.8, 4) is 0 Å². The van der Waals surface area contributed by atoms with Gasteiger partial charge in [0.1, 0.15) is 5.82 Å². The molecule has 1 aromatic rings. The van der Waals surface area contributed by atoms with Crippen LogP contribution in [0.4, 0.5) is 5.82 Å². The highest BCUT2D eigenvalue weighted by Crippen LogP contribution is 2.36. The molecular weight excluding hydrogens is 272 g/mol. The van der Waals surface area contributed by atoms with Crippen molar-refractivity contribution in [2.24, 2.45) is 0 Å². The van der Waals surface area contributed by atoms with E-state index in [1.165, 1.54) is 19.3 Å². The van der Waals surface area contributed by atoms with Crippen molar-refractivity contribution < 1.29 is 0 Å². The largest absolute Gasteiger partial charge is 0.373 e. The highest BCUT2D eigenvalue weighted by Gasteiger charge is 2.39. The van der Waals surface area contributed by atoms with Gasteiger partial charge in [0, 0.05) is 25.7 Å². The third kappa shape index (κ3) is 3.25. The van der Waals surface area contributed by atoms with Gasteiger partial charge < -0.3 is 10.2 Å². The Labute approximate surface area is 127 Å². The van der Waals surface area contributed by atoms with E-state index in [0.29, 0.717) is 5.54 Å². The van der Waals surface area contributed by atoms with Gasteiger partial charge in [0.05, 0.1) is 10.7 Å². The quantitative estimate of drug-likeness (QED) is 0.874. The normalized spacial score (nSPS) is 17.4.